The molecule has 0 spiro atoms. The highest BCUT2D eigenvalue weighted by Gasteiger charge is 2.66. The summed E-state index contributed by atoms with van der Waals surface area (Å²) in [6.07, 6.45) is -7.85. The first-order valence-corrected chi connectivity index (χ1v) is 26.0. The monoisotopic (exact) mass is 1070 g/mol. The Morgan fingerprint density at radius 3 is 1.22 bits per heavy atom. The van der Waals surface area contributed by atoms with Gasteiger partial charge in [-0.15, -0.1) is 0 Å². The minimum atomic E-state index is -5.03. The molecule has 0 aliphatic carbocycles. The lowest BCUT2D eigenvalue weighted by Gasteiger charge is -2.48. The Labute approximate surface area is 441 Å². The van der Waals surface area contributed by atoms with Gasteiger partial charge in [0.05, 0.1) is 27.4 Å². The predicted molar refractivity (Wildman–Crippen MR) is 271 cm³/mol. The van der Waals surface area contributed by atoms with Crippen molar-refractivity contribution >= 4 is 11.9 Å². The Hall–Kier alpha value is -5.24. The number of aliphatic hydroxyl groups is 2. The highest BCUT2D eigenvalue weighted by molar-refractivity contribution is 5.83. The van der Waals surface area contributed by atoms with Crippen LogP contribution < -0.4 is 9.47 Å². The molecule has 8 rings (SSSR count). The topological polar surface area (TPSA) is 136 Å². The van der Waals surface area contributed by atoms with Crippen molar-refractivity contribution in [2.24, 2.45) is 23.7 Å². The van der Waals surface area contributed by atoms with Crippen LogP contribution in [-0.2, 0) is 65.8 Å². The van der Waals surface area contributed by atoms with Gasteiger partial charge in [0.15, 0.2) is 0 Å². The van der Waals surface area contributed by atoms with Gasteiger partial charge in [0, 0.05) is 99.4 Å². The van der Waals surface area contributed by atoms with Gasteiger partial charge in [0.25, 0.3) is 11.2 Å². The largest absolute Gasteiger partial charge is 0.496 e. The molecule has 0 aromatic heterocycles. The smallest absolute Gasteiger partial charge is 0.432 e. The van der Waals surface area contributed by atoms with Gasteiger partial charge in [-0.3, -0.25) is 9.80 Å². The number of nitrogens with zero attached hydrogens (tertiary/aromatic N) is 2. The van der Waals surface area contributed by atoms with Crippen molar-refractivity contribution in [3.8, 4) is 11.5 Å². The van der Waals surface area contributed by atoms with Crippen LogP contribution in [-0.4, -0.2) is 111 Å². The van der Waals surface area contributed by atoms with E-state index in [0.717, 1.165) is 62.4 Å². The van der Waals surface area contributed by atoms with E-state index in [1.165, 1.54) is 48.5 Å². The number of hydrogen-bond donors (Lipinski definition) is 2. The van der Waals surface area contributed by atoms with Crippen molar-refractivity contribution in [1.82, 2.24) is 9.80 Å². The lowest BCUT2D eigenvalue weighted by molar-refractivity contribution is -0.280. The maximum absolute atomic E-state index is 14.5. The highest BCUT2D eigenvalue weighted by atomic mass is 19.4. The first kappa shape index (κ1) is 58.4. The van der Waals surface area contributed by atoms with Crippen LogP contribution >= 0.6 is 0 Å². The fourth-order valence-electron chi connectivity index (χ4n) is 12.1. The Balaban J connectivity index is 0.000000221. The zero-order valence-electron chi connectivity index (χ0n) is 44.5. The van der Waals surface area contributed by atoms with E-state index in [-0.39, 0.29) is 60.1 Å². The molecular weight excluding hydrogens is 999 g/mol. The Morgan fingerprint density at radius 1 is 0.579 bits per heavy atom. The Bertz CT molecular complexity index is 2420. The number of fused-ring (bicyclic) bond motifs is 6. The van der Waals surface area contributed by atoms with Gasteiger partial charge < -0.3 is 38.6 Å². The number of benzene rings is 4. The van der Waals surface area contributed by atoms with Crippen molar-refractivity contribution in [2.45, 2.75) is 127 Å². The van der Waals surface area contributed by atoms with Gasteiger partial charge in [-0.1, -0.05) is 88.4 Å². The van der Waals surface area contributed by atoms with E-state index < -0.39 is 47.7 Å². The van der Waals surface area contributed by atoms with Crippen LogP contribution in [0.2, 0.25) is 0 Å². The summed E-state index contributed by atoms with van der Waals surface area (Å²) in [6.45, 7) is 10.6. The molecule has 4 heterocycles. The van der Waals surface area contributed by atoms with E-state index in [4.69, 9.17) is 28.4 Å². The van der Waals surface area contributed by atoms with Gasteiger partial charge in [-0.2, -0.15) is 26.3 Å². The third-order valence-electron chi connectivity index (χ3n) is 15.7. The molecule has 2 fully saturated rings. The molecular formula is C58H72F6N2O10. The molecule has 0 amide bonds. The number of ether oxygens (including phenoxy) is 6. The highest BCUT2D eigenvalue weighted by Crippen LogP contribution is 2.49. The number of methoxy groups -OCH3 is 4. The molecule has 0 bridgehead atoms. The summed E-state index contributed by atoms with van der Waals surface area (Å²) in [6, 6.07) is 21.2. The standard InChI is InChI=1S/2C29H36F3NO5/c2*1-18(2)12-20-16-33-11-10-19-14-25(36-3)21(17-34)13-23(19)24(33)15-26(20)38-27(35)28(37-4,29(30,31)32)22-8-6-5-7-9-22/h2*5-9,13-14,18,20,24,26,34H,10-12,15-17H2,1-4H3/t20-,24+,26-,28+;20-,24+,26-,28-/m01/s1. The molecule has 18 heteroatoms. The average molecular weight is 1070 g/mol. The fourth-order valence-corrected chi connectivity index (χ4v) is 12.1. The third kappa shape index (κ3) is 11.6. The SMILES string of the molecule is COc1cc2c(cc1CO)[C@@H]1C[C@@H](OC(=O)[C@](OC)(c3ccccc3)C(F)(F)F)[C@H](CC(C)C)CN1CC2.COc1cc2c(cc1CO)[C@H]1C[C@H](OC(=O)[C@](OC)(c3ccccc3)C(F)(F)F)[C@@H](CC(C)C)CN1CC2. The maximum atomic E-state index is 14.5. The number of rotatable bonds is 16. The minimum Gasteiger partial charge on any atom is -0.496 e. The normalized spacial score (nSPS) is 23.3. The zero-order chi connectivity index (χ0) is 55.3. The molecule has 12 nitrogen and oxygen atoms in total. The third-order valence-corrected chi connectivity index (χ3v) is 15.7. The summed E-state index contributed by atoms with van der Waals surface area (Å²) in [7, 11) is 4.88. The summed E-state index contributed by atoms with van der Waals surface area (Å²) in [5.41, 5.74) is -1.69. The number of alkyl halides is 6. The van der Waals surface area contributed by atoms with Crippen LogP contribution in [0.3, 0.4) is 0 Å². The van der Waals surface area contributed by atoms with Crippen LogP contribution in [0.1, 0.15) is 110 Å². The lowest BCUT2D eigenvalue weighted by atomic mass is 9.78. The van der Waals surface area contributed by atoms with Crippen molar-refractivity contribution < 1.29 is 74.6 Å². The molecule has 0 radical (unpaired) electrons. The van der Waals surface area contributed by atoms with E-state index in [2.05, 4.69) is 37.5 Å². The number of halogens is 6. The molecule has 76 heavy (non-hydrogen) atoms. The lowest BCUT2D eigenvalue weighted by Crippen LogP contribution is -2.55. The predicted octanol–water partition coefficient (Wildman–Crippen LogP) is 10.3. The first-order chi connectivity index (χ1) is 36.1. The van der Waals surface area contributed by atoms with E-state index in [1.54, 1.807) is 26.4 Å². The van der Waals surface area contributed by atoms with Gasteiger partial charge in [-0.25, -0.2) is 9.59 Å². The first-order valence-electron chi connectivity index (χ1n) is 26.0. The maximum Gasteiger partial charge on any atom is 0.432 e. The van der Waals surface area contributed by atoms with Gasteiger partial charge in [0.1, 0.15) is 23.7 Å². The fraction of sp³-hybridized carbons (Fsp3) is 0.552. The van der Waals surface area contributed by atoms with E-state index in [1.807, 2.05) is 24.3 Å². The Morgan fingerprint density at radius 2 is 0.934 bits per heavy atom. The van der Waals surface area contributed by atoms with Gasteiger partial charge in [-0.05, 0) is 84.0 Å². The molecule has 8 atom stereocenters. The molecule has 0 saturated carbocycles. The summed E-state index contributed by atoms with van der Waals surface area (Å²) in [5, 5.41) is 19.8. The van der Waals surface area contributed by atoms with E-state index >= 15 is 0 Å². The number of piperidine rings is 2. The van der Waals surface area contributed by atoms with Crippen molar-refractivity contribution in [1.29, 1.82) is 0 Å². The van der Waals surface area contributed by atoms with Gasteiger partial charge >= 0.3 is 24.3 Å². The Kier molecular flexibility index (Phi) is 18.6. The second kappa shape index (κ2) is 24.2. The van der Waals surface area contributed by atoms with E-state index in [0.29, 0.717) is 61.4 Å². The molecule has 4 aromatic carbocycles. The van der Waals surface area contributed by atoms with Crippen molar-refractivity contribution in [3.05, 3.63) is 129 Å². The average Bonchev–Trinajstić information content (AvgIpc) is 3.39. The summed E-state index contributed by atoms with van der Waals surface area (Å²) in [4.78, 5) is 31.6. The van der Waals surface area contributed by atoms with Crippen molar-refractivity contribution in [2.75, 3.05) is 54.6 Å². The van der Waals surface area contributed by atoms with Crippen molar-refractivity contribution in [3.63, 3.8) is 0 Å². The number of aliphatic hydroxyl groups excluding tert-OH is 2. The number of esters is 2. The zero-order valence-corrected chi connectivity index (χ0v) is 44.5. The number of hydrogen-bond acceptors (Lipinski definition) is 12. The molecule has 2 N–H and O–H groups in total. The van der Waals surface area contributed by atoms with E-state index in [9.17, 15) is 46.1 Å². The molecule has 416 valence electrons. The second-order valence-electron chi connectivity index (χ2n) is 21.2. The minimum absolute atomic E-state index is 0.133. The van der Waals surface area contributed by atoms with Crippen LogP contribution in [0, 0.1) is 23.7 Å². The summed E-state index contributed by atoms with van der Waals surface area (Å²) < 4.78 is 120. The van der Waals surface area contributed by atoms with Gasteiger partial charge in [0.2, 0.25) is 0 Å². The number of carbonyl (C=O) groups excluding carboxylic acids is 2. The molecule has 4 aliphatic rings. The summed E-state index contributed by atoms with van der Waals surface area (Å²) in [5.74, 6) is -1.42. The number of carbonyl (C=O) groups is 2. The molecule has 0 unspecified atom stereocenters. The quantitative estimate of drug-likeness (QED) is 0.0817. The second-order valence-corrected chi connectivity index (χ2v) is 21.2. The molecule has 4 aromatic rings. The molecule has 4 aliphatic heterocycles. The van der Waals surface area contributed by atoms with Crippen LogP contribution in [0.25, 0.3) is 0 Å². The summed E-state index contributed by atoms with van der Waals surface area (Å²) >= 11 is 0. The van der Waals surface area contributed by atoms with Crippen LogP contribution in [0.5, 0.6) is 11.5 Å². The van der Waals surface area contributed by atoms with Crippen LogP contribution in [0.15, 0.2) is 84.9 Å². The molecule has 2 saturated heterocycles. The van der Waals surface area contributed by atoms with Crippen LogP contribution in [0.4, 0.5) is 26.3 Å².